The van der Waals surface area contributed by atoms with E-state index >= 15 is 0 Å². The number of hydrogen-bond donors (Lipinski definition) is 2. The maximum atomic E-state index is 11.6. The first-order valence-corrected chi connectivity index (χ1v) is 7.53. The smallest absolute Gasteiger partial charge is 0.314 e. The third-order valence-corrected chi connectivity index (χ3v) is 3.66. The van der Waals surface area contributed by atoms with Gasteiger partial charge in [0.15, 0.2) is 0 Å². The van der Waals surface area contributed by atoms with Crippen LogP contribution < -0.4 is 10.6 Å². The number of unbranched alkanes of at least 4 members (excludes halogenated alkanes) is 1. The van der Waals surface area contributed by atoms with E-state index < -0.39 is 11.8 Å². The molecule has 0 saturated heterocycles. The Morgan fingerprint density at radius 2 is 2.16 bits per heavy atom. The Morgan fingerprint density at radius 1 is 1.37 bits per heavy atom. The van der Waals surface area contributed by atoms with Crippen LogP contribution in [0.25, 0.3) is 0 Å². The highest BCUT2D eigenvalue weighted by Crippen LogP contribution is 2.12. The number of hydrogen-bond acceptors (Lipinski definition) is 4. The number of anilines is 1. The van der Waals surface area contributed by atoms with Crippen LogP contribution in [0.4, 0.5) is 5.00 Å². The van der Waals surface area contributed by atoms with Crippen LogP contribution in [0, 0.1) is 5.92 Å². The quantitative estimate of drug-likeness (QED) is 0.755. The molecule has 1 aromatic rings. The van der Waals surface area contributed by atoms with Crippen molar-refractivity contribution >= 4 is 28.2 Å². The first-order valence-electron chi connectivity index (χ1n) is 6.65. The van der Waals surface area contributed by atoms with Gasteiger partial charge in [0.25, 0.3) is 0 Å². The summed E-state index contributed by atoms with van der Waals surface area (Å²) < 4.78 is 0. The Labute approximate surface area is 117 Å². The van der Waals surface area contributed by atoms with Gasteiger partial charge in [0.05, 0.1) is 11.7 Å². The highest BCUT2D eigenvalue weighted by atomic mass is 32.1. The lowest BCUT2D eigenvalue weighted by atomic mass is 9.99. The van der Waals surface area contributed by atoms with Crippen molar-refractivity contribution in [2.24, 2.45) is 5.92 Å². The molecule has 19 heavy (non-hydrogen) atoms. The number of carbonyl (C=O) groups is 2. The van der Waals surface area contributed by atoms with Gasteiger partial charge in [0.1, 0.15) is 5.00 Å². The van der Waals surface area contributed by atoms with E-state index in [4.69, 9.17) is 0 Å². The minimum atomic E-state index is -0.630. The van der Waals surface area contributed by atoms with Crippen LogP contribution in [-0.2, 0) is 9.59 Å². The first kappa shape index (κ1) is 15.6. The van der Waals surface area contributed by atoms with Gasteiger partial charge in [-0.25, -0.2) is 0 Å². The second-order valence-corrected chi connectivity index (χ2v) is 5.33. The van der Waals surface area contributed by atoms with E-state index in [0.717, 1.165) is 25.7 Å². The molecule has 0 aliphatic heterocycles. The van der Waals surface area contributed by atoms with Crippen LogP contribution in [0.15, 0.2) is 11.7 Å². The van der Waals surface area contributed by atoms with Gasteiger partial charge in [-0.2, -0.15) is 0 Å². The lowest BCUT2D eigenvalue weighted by Gasteiger charge is -2.14. The Morgan fingerprint density at radius 3 is 2.74 bits per heavy atom. The van der Waals surface area contributed by atoms with Gasteiger partial charge < -0.3 is 10.6 Å². The minimum absolute atomic E-state index is 0.445. The van der Waals surface area contributed by atoms with Crippen molar-refractivity contribution < 1.29 is 9.59 Å². The molecule has 0 aromatic carbocycles. The van der Waals surface area contributed by atoms with Gasteiger partial charge in [0, 0.05) is 6.54 Å². The third kappa shape index (κ3) is 5.83. The van der Waals surface area contributed by atoms with E-state index in [1.165, 1.54) is 17.5 Å². The number of carbonyl (C=O) groups excluding carboxylic acids is 2. The summed E-state index contributed by atoms with van der Waals surface area (Å²) in [4.78, 5) is 27.0. The van der Waals surface area contributed by atoms with Crippen molar-refractivity contribution in [2.75, 3.05) is 11.9 Å². The molecule has 0 fully saturated rings. The van der Waals surface area contributed by atoms with Crippen molar-refractivity contribution in [3.63, 3.8) is 0 Å². The highest BCUT2D eigenvalue weighted by Gasteiger charge is 2.15. The lowest BCUT2D eigenvalue weighted by molar-refractivity contribution is -0.136. The molecular weight excluding hydrogens is 262 g/mol. The fourth-order valence-corrected chi connectivity index (χ4v) is 2.22. The van der Waals surface area contributed by atoms with Gasteiger partial charge in [-0.15, -0.1) is 11.3 Å². The SMILES string of the molecule is CCCC[C@@H](CC)CNC(=O)C(=O)Nc1cncs1. The maximum Gasteiger partial charge on any atom is 0.314 e. The van der Waals surface area contributed by atoms with E-state index in [9.17, 15) is 9.59 Å². The molecule has 2 amide bonds. The second-order valence-electron chi connectivity index (χ2n) is 4.45. The summed E-state index contributed by atoms with van der Waals surface area (Å²) in [5.74, 6) is -0.766. The molecule has 1 atom stereocenters. The number of aromatic nitrogens is 1. The zero-order chi connectivity index (χ0) is 14.1. The average Bonchev–Trinajstić information content (AvgIpc) is 2.91. The number of amides is 2. The Balaban J connectivity index is 2.31. The molecular formula is C13H21N3O2S. The van der Waals surface area contributed by atoms with Crippen LogP contribution in [0.5, 0.6) is 0 Å². The van der Waals surface area contributed by atoms with Gasteiger partial charge in [-0.3, -0.25) is 14.6 Å². The molecule has 2 N–H and O–H groups in total. The summed E-state index contributed by atoms with van der Waals surface area (Å²) in [5, 5.41) is 5.78. The summed E-state index contributed by atoms with van der Waals surface area (Å²) in [6, 6.07) is 0. The van der Waals surface area contributed by atoms with E-state index in [0.29, 0.717) is 17.5 Å². The summed E-state index contributed by atoms with van der Waals surface area (Å²) in [5.41, 5.74) is 1.60. The number of thiazole rings is 1. The molecule has 0 aliphatic carbocycles. The monoisotopic (exact) mass is 283 g/mol. The molecule has 5 nitrogen and oxygen atoms in total. The van der Waals surface area contributed by atoms with Crippen molar-refractivity contribution in [3.05, 3.63) is 11.7 Å². The van der Waals surface area contributed by atoms with Crippen LogP contribution in [0.3, 0.4) is 0 Å². The van der Waals surface area contributed by atoms with Crippen LogP contribution in [0.2, 0.25) is 0 Å². The van der Waals surface area contributed by atoms with Crippen molar-refractivity contribution in [1.29, 1.82) is 0 Å². The molecule has 1 heterocycles. The molecule has 0 spiro atoms. The zero-order valence-corrected chi connectivity index (χ0v) is 12.3. The van der Waals surface area contributed by atoms with Gasteiger partial charge in [-0.1, -0.05) is 33.1 Å². The van der Waals surface area contributed by atoms with E-state index in [2.05, 4.69) is 29.5 Å². The summed E-state index contributed by atoms with van der Waals surface area (Å²) in [6.45, 7) is 4.81. The van der Waals surface area contributed by atoms with E-state index in [-0.39, 0.29) is 0 Å². The summed E-state index contributed by atoms with van der Waals surface area (Å²) in [6.07, 6.45) is 5.92. The van der Waals surface area contributed by atoms with Crippen molar-refractivity contribution in [1.82, 2.24) is 10.3 Å². The van der Waals surface area contributed by atoms with Crippen LogP contribution in [-0.4, -0.2) is 23.3 Å². The second kappa shape index (κ2) is 8.63. The van der Waals surface area contributed by atoms with E-state index in [1.807, 2.05) is 0 Å². The fraction of sp³-hybridized carbons (Fsp3) is 0.615. The molecule has 0 unspecified atom stereocenters. The molecule has 0 radical (unpaired) electrons. The lowest BCUT2D eigenvalue weighted by Crippen LogP contribution is -2.37. The summed E-state index contributed by atoms with van der Waals surface area (Å²) >= 11 is 1.29. The van der Waals surface area contributed by atoms with Gasteiger partial charge in [-0.05, 0) is 12.3 Å². The summed E-state index contributed by atoms with van der Waals surface area (Å²) in [7, 11) is 0. The Kier molecular flexibility index (Phi) is 7.10. The number of nitrogens with one attached hydrogen (secondary N) is 2. The molecule has 1 aromatic heterocycles. The highest BCUT2D eigenvalue weighted by molar-refractivity contribution is 7.14. The molecule has 0 bridgehead atoms. The van der Waals surface area contributed by atoms with Crippen molar-refractivity contribution in [2.45, 2.75) is 39.5 Å². The predicted molar refractivity (Wildman–Crippen MR) is 77.1 cm³/mol. The minimum Gasteiger partial charge on any atom is -0.348 e. The normalized spacial score (nSPS) is 11.9. The van der Waals surface area contributed by atoms with Gasteiger partial charge >= 0.3 is 11.8 Å². The molecule has 0 aliphatic rings. The van der Waals surface area contributed by atoms with Gasteiger partial charge in [0.2, 0.25) is 0 Å². The largest absolute Gasteiger partial charge is 0.348 e. The number of rotatable bonds is 7. The fourth-order valence-electron chi connectivity index (χ4n) is 1.71. The number of nitrogens with zero attached hydrogens (tertiary/aromatic N) is 1. The topological polar surface area (TPSA) is 71.1 Å². The standard InChI is InChI=1S/C13H21N3O2S/c1-3-5-6-10(4-2)7-15-12(17)13(18)16-11-8-14-9-19-11/h8-10H,3-7H2,1-2H3,(H,15,17)(H,16,18)/t10-/m1/s1. The Bertz CT molecular complexity index is 393. The first-order chi connectivity index (χ1) is 9.17. The Hall–Kier alpha value is -1.43. The maximum absolute atomic E-state index is 11.6. The van der Waals surface area contributed by atoms with E-state index in [1.54, 1.807) is 5.51 Å². The molecule has 0 saturated carbocycles. The zero-order valence-electron chi connectivity index (χ0n) is 11.4. The van der Waals surface area contributed by atoms with Crippen LogP contribution in [0.1, 0.15) is 39.5 Å². The predicted octanol–water partition coefficient (Wildman–Crippen LogP) is 2.41. The average molecular weight is 283 g/mol. The molecule has 106 valence electrons. The van der Waals surface area contributed by atoms with Crippen molar-refractivity contribution in [3.8, 4) is 0 Å². The molecule has 6 heteroatoms. The van der Waals surface area contributed by atoms with Crippen LogP contribution >= 0.6 is 11.3 Å². The molecule has 1 rings (SSSR count). The third-order valence-electron chi connectivity index (χ3n) is 2.97.